The van der Waals surface area contributed by atoms with Crippen molar-refractivity contribution in [3.8, 4) is 12.1 Å². The van der Waals surface area contributed by atoms with Crippen molar-refractivity contribution in [2.24, 2.45) is 0 Å². The Bertz CT molecular complexity index is 882. The van der Waals surface area contributed by atoms with E-state index in [2.05, 4.69) is 5.32 Å². The van der Waals surface area contributed by atoms with E-state index in [0.717, 1.165) is 23.9 Å². The van der Waals surface area contributed by atoms with Gasteiger partial charge in [-0.2, -0.15) is 23.7 Å². The van der Waals surface area contributed by atoms with Gasteiger partial charge in [-0.3, -0.25) is 4.79 Å². The van der Waals surface area contributed by atoms with E-state index in [-0.39, 0.29) is 17.7 Å². The van der Waals surface area contributed by atoms with Crippen molar-refractivity contribution < 1.29 is 18.0 Å². The normalized spacial score (nSPS) is 10.6. The van der Waals surface area contributed by atoms with Crippen LogP contribution in [-0.2, 0) is 11.0 Å². The number of nitriles is 2. The molecule has 0 fully saturated rings. The van der Waals surface area contributed by atoms with Gasteiger partial charge in [-0.1, -0.05) is 17.8 Å². The molecule has 1 amide bonds. The standard InChI is InChI=1S/C17H10F3N3OS/c18-17(19,20)12-2-1-3-13(9-12)25-15-5-4-11(10-22)8-14(15)23-16(24)6-7-21/h1-5,8-9H,6H2,(H,23,24). The van der Waals surface area contributed by atoms with Crippen molar-refractivity contribution in [3.05, 3.63) is 53.6 Å². The highest BCUT2D eigenvalue weighted by molar-refractivity contribution is 7.99. The lowest BCUT2D eigenvalue weighted by molar-refractivity contribution is -0.137. The van der Waals surface area contributed by atoms with E-state index in [1.165, 1.54) is 30.3 Å². The minimum atomic E-state index is -4.45. The number of amides is 1. The maximum absolute atomic E-state index is 12.8. The average Bonchev–Trinajstić information content (AvgIpc) is 2.56. The monoisotopic (exact) mass is 361 g/mol. The highest BCUT2D eigenvalue weighted by Crippen LogP contribution is 2.37. The Balaban J connectivity index is 2.35. The number of rotatable bonds is 4. The van der Waals surface area contributed by atoms with Gasteiger partial charge in [-0.25, -0.2) is 0 Å². The topological polar surface area (TPSA) is 76.7 Å². The minimum absolute atomic E-state index is 0.265. The first kappa shape index (κ1) is 18.4. The molecule has 25 heavy (non-hydrogen) atoms. The second kappa shape index (κ2) is 7.73. The first-order chi connectivity index (χ1) is 11.8. The molecule has 0 aliphatic rings. The minimum Gasteiger partial charge on any atom is -0.324 e. The maximum Gasteiger partial charge on any atom is 0.416 e. The summed E-state index contributed by atoms with van der Waals surface area (Å²) in [5.74, 6) is -0.566. The number of halogens is 3. The van der Waals surface area contributed by atoms with Crippen LogP contribution in [0.2, 0.25) is 0 Å². The fraction of sp³-hybridized carbons (Fsp3) is 0.118. The average molecular weight is 361 g/mol. The van der Waals surface area contributed by atoms with E-state index in [0.29, 0.717) is 9.79 Å². The largest absolute Gasteiger partial charge is 0.416 e. The van der Waals surface area contributed by atoms with Crippen LogP contribution in [0.15, 0.2) is 52.3 Å². The van der Waals surface area contributed by atoms with E-state index in [4.69, 9.17) is 10.5 Å². The van der Waals surface area contributed by atoms with Crippen molar-refractivity contribution in [2.45, 2.75) is 22.4 Å². The van der Waals surface area contributed by atoms with Crippen LogP contribution in [-0.4, -0.2) is 5.91 Å². The van der Waals surface area contributed by atoms with Gasteiger partial charge in [0.2, 0.25) is 5.91 Å². The van der Waals surface area contributed by atoms with Gasteiger partial charge >= 0.3 is 6.18 Å². The molecule has 0 bridgehead atoms. The molecule has 0 saturated heterocycles. The van der Waals surface area contributed by atoms with E-state index in [9.17, 15) is 18.0 Å². The predicted octanol–water partition coefficient (Wildman–Crippen LogP) is 4.58. The number of carbonyl (C=O) groups is 1. The smallest absolute Gasteiger partial charge is 0.324 e. The van der Waals surface area contributed by atoms with Crippen molar-refractivity contribution >= 4 is 23.4 Å². The summed E-state index contributed by atoms with van der Waals surface area (Å²) in [6.07, 6.45) is -4.82. The summed E-state index contributed by atoms with van der Waals surface area (Å²) in [5, 5.41) is 20.0. The zero-order valence-corrected chi connectivity index (χ0v) is 13.4. The second-order valence-corrected chi connectivity index (χ2v) is 5.95. The molecule has 0 aliphatic carbocycles. The molecule has 8 heteroatoms. The lowest BCUT2D eigenvalue weighted by atomic mass is 10.2. The quantitative estimate of drug-likeness (QED) is 0.865. The Morgan fingerprint density at radius 2 is 1.92 bits per heavy atom. The van der Waals surface area contributed by atoms with Crippen molar-refractivity contribution in [2.75, 3.05) is 5.32 Å². The van der Waals surface area contributed by atoms with Gasteiger partial charge in [0.05, 0.1) is 29.0 Å². The van der Waals surface area contributed by atoms with E-state index >= 15 is 0 Å². The van der Waals surface area contributed by atoms with Crippen molar-refractivity contribution in [1.82, 2.24) is 0 Å². The summed E-state index contributed by atoms with van der Waals surface area (Å²) in [7, 11) is 0. The Kier molecular flexibility index (Phi) is 5.68. The van der Waals surface area contributed by atoms with Crippen LogP contribution < -0.4 is 5.32 Å². The van der Waals surface area contributed by atoms with Crippen LogP contribution in [0.25, 0.3) is 0 Å². The van der Waals surface area contributed by atoms with Gasteiger partial charge < -0.3 is 5.32 Å². The predicted molar refractivity (Wildman–Crippen MR) is 85.6 cm³/mol. The lowest BCUT2D eigenvalue weighted by Crippen LogP contribution is -2.11. The molecule has 0 saturated carbocycles. The first-order valence-corrected chi connectivity index (χ1v) is 7.71. The van der Waals surface area contributed by atoms with Crippen LogP contribution >= 0.6 is 11.8 Å². The van der Waals surface area contributed by atoms with E-state index in [1.807, 2.05) is 6.07 Å². The number of nitrogens with zero attached hydrogens (tertiary/aromatic N) is 2. The number of alkyl halides is 3. The van der Waals surface area contributed by atoms with Gasteiger partial charge in [0, 0.05) is 9.79 Å². The van der Waals surface area contributed by atoms with Gasteiger partial charge in [0.15, 0.2) is 0 Å². The lowest BCUT2D eigenvalue weighted by Gasteiger charge is -2.12. The van der Waals surface area contributed by atoms with E-state index < -0.39 is 17.6 Å². The summed E-state index contributed by atoms with van der Waals surface area (Å²) in [4.78, 5) is 12.4. The Morgan fingerprint density at radius 1 is 1.16 bits per heavy atom. The zero-order valence-electron chi connectivity index (χ0n) is 12.6. The number of carbonyl (C=O) groups excluding carboxylic acids is 1. The van der Waals surface area contributed by atoms with Crippen LogP contribution in [0.1, 0.15) is 17.5 Å². The van der Waals surface area contributed by atoms with Crippen LogP contribution in [0.3, 0.4) is 0 Å². The summed E-state index contributed by atoms with van der Waals surface area (Å²) in [6, 6.07) is 12.8. The van der Waals surface area contributed by atoms with Gasteiger partial charge in [0.25, 0.3) is 0 Å². The third kappa shape index (κ3) is 5.00. The molecule has 0 heterocycles. The Hall–Kier alpha value is -2.97. The van der Waals surface area contributed by atoms with Gasteiger partial charge in [0.1, 0.15) is 6.42 Å². The number of hydrogen-bond acceptors (Lipinski definition) is 4. The molecule has 0 aromatic heterocycles. The third-order valence-corrected chi connectivity index (χ3v) is 4.08. The number of anilines is 1. The summed E-state index contributed by atoms with van der Waals surface area (Å²) < 4.78 is 38.4. The summed E-state index contributed by atoms with van der Waals surface area (Å²) in [5.41, 5.74) is -0.233. The number of hydrogen-bond donors (Lipinski definition) is 1. The van der Waals surface area contributed by atoms with Gasteiger partial charge in [-0.15, -0.1) is 0 Å². The Labute approximate surface area is 145 Å². The van der Waals surface area contributed by atoms with Crippen molar-refractivity contribution in [3.63, 3.8) is 0 Å². The molecule has 0 atom stereocenters. The summed E-state index contributed by atoms with van der Waals surface area (Å²) in [6.45, 7) is 0. The zero-order chi connectivity index (χ0) is 18.4. The molecule has 2 rings (SSSR count). The molecule has 1 N–H and O–H groups in total. The third-order valence-electron chi connectivity index (χ3n) is 3.01. The van der Waals surface area contributed by atoms with Crippen LogP contribution in [0, 0.1) is 22.7 Å². The first-order valence-electron chi connectivity index (χ1n) is 6.89. The molecular formula is C17H10F3N3OS. The molecule has 2 aromatic rings. The SMILES string of the molecule is N#CCC(=O)Nc1cc(C#N)ccc1Sc1cccc(C(F)(F)F)c1. The molecule has 0 radical (unpaired) electrons. The number of nitrogens with one attached hydrogen (secondary N) is 1. The summed E-state index contributed by atoms with van der Waals surface area (Å²) >= 11 is 1.02. The fourth-order valence-corrected chi connectivity index (χ4v) is 2.86. The second-order valence-electron chi connectivity index (χ2n) is 4.83. The van der Waals surface area contributed by atoms with Crippen LogP contribution in [0.5, 0.6) is 0 Å². The Morgan fingerprint density at radius 3 is 2.56 bits per heavy atom. The molecule has 0 aliphatic heterocycles. The number of benzene rings is 2. The molecular weight excluding hydrogens is 351 g/mol. The maximum atomic E-state index is 12.8. The fourth-order valence-electron chi connectivity index (χ4n) is 1.92. The molecule has 2 aromatic carbocycles. The molecule has 4 nitrogen and oxygen atoms in total. The molecule has 126 valence electrons. The van der Waals surface area contributed by atoms with E-state index in [1.54, 1.807) is 6.07 Å². The van der Waals surface area contributed by atoms with Gasteiger partial charge in [-0.05, 0) is 36.4 Å². The molecule has 0 spiro atoms. The van der Waals surface area contributed by atoms with Crippen molar-refractivity contribution in [1.29, 1.82) is 10.5 Å². The molecule has 0 unspecified atom stereocenters. The highest BCUT2D eigenvalue weighted by Gasteiger charge is 2.30. The highest BCUT2D eigenvalue weighted by atomic mass is 32.2. The van der Waals surface area contributed by atoms with Crippen LogP contribution in [0.4, 0.5) is 18.9 Å².